The highest BCUT2D eigenvalue weighted by atomic mass is 15.1. The lowest BCUT2D eigenvalue weighted by molar-refractivity contribution is 1.12. The summed E-state index contributed by atoms with van der Waals surface area (Å²) in [5.74, 6) is 0. The van der Waals surface area contributed by atoms with Crippen LogP contribution in [0.5, 0.6) is 0 Å². The first kappa shape index (κ1) is 14.4. The maximum atomic E-state index is 2.31. The predicted molar refractivity (Wildman–Crippen MR) is 95.2 cm³/mol. The van der Waals surface area contributed by atoms with Gasteiger partial charge < -0.3 is 4.90 Å². The second-order valence-corrected chi connectivity index (χ2v) is 5.54. The number of nitrogens with zero attached hydrogens (tertiary/aromatic N) is 1. The summed E-state index contributed by atoms with van der Waals surface area (Å²) in [7, 11) is 0. The van der Waals surface area contributed by atoms with Crippen molar-refractivity contribution in [1.82, 2.24) is 0 Å². The van der Waals surface area contributed by atoms with Gasteiger partial charge in [-0.3, -0.25) is 0 Å². The van der Waals surface area contributed by atoms with Crippen LogP contribution >= 0.6 is 0 Å². The standard InChI is InChI=1S/C21H21N/c1-3-18-14-17(2)15-21(16-18)22(19-10-6-4-7-11-19)20-12-8-5-9-13-20/h4-16H,3H2,1-2H3. The van der Waals surface area contributed by atoms with Crippen molar-refractivity contribution in [1.29, 1.82) is 0 Å². The molecule has 0 bridgehead atoms. The van der Waals surface area contributed by atoms with Crippen LogP contribution in [0, 0.1) is 6.92 Å². The molecule has 1 heteroatoms. The third-order valence-corrected chi connectivity index (χ3v) is 3.82. The molecule has 0 aliphatic carbocycles. The largest absolute Gasteiger partial charge is 0.310 e. The van der Waals surface area contributed by atoms with Gasteiger partial charge in [0.05, 0.1) is 0 Å². The lowest BCUT2D eigenvalue weighted by Crippen LogP contribution is -2.10. The van der Waals surface area contributed by atoms with E-state index in [9.17, 15) is 0 Å². The number of aryl methyl sites for hydroxylation is 2. The molecular weight excluding hydrogens is 266 g/mol. The Labute approximate surface area is 132 Å². The molecule has 0 radical (unpaired) electrons. The Balaban J connectivity index is 2.16. The smallest absolute Gasteiger partial charge is 0.0466 e. The van der Waals surface area contributed by atoms with Crippen molar-refractivity contribution < 1.29 is 0 Å². The molecule has 0 fully saturated rings. The molecule has 0 spiro atoms. The van der Waals surface area contributed by atoms with Gasteiger partial charge in [0.2, 0.25) is 0 Å². The molecule has 0 aliphatic heterocycles. The molecule has 0 N–H and O–H groups in total. The van der Waals surface area contributed by atoms with Gasteiger partial charge in [0, 0.05) is 17.1 Å². The van der Waals surface area contributed by atoms with Gasteiger partial charge in [-0.15, -0.1) is 0 Å². The van der Waals surface area contributed by atoms with Crippen LogP contribution in [-0.4, -0.2) is 0 Å². The Hall–Kier alpha value is -2.54. The summed E-state index contributed by atoms with van der Waals surface area (Å²) in [6.45, 7) is 4.37. The fourth-order valence-corrected chi connectivity index (χ4v) is 2.78. The molecule has 110 valence electrons. The highest BCUT2D eigenvalue weighted by Crippen LogP contribution is 2.35. The van der Waals surface area contributed by atoms with Gasteiger partial charge >= 0.3 is 0 Å². The third-order valence-electron chi connectivity index (χ3n) is 3.82. The molecule has 0 atom stereocenters. The Morgan fingerprint density at radius 1 is 0.682 bits per heavy atom. The molecule has 3 rings (SSSR count). The summed E-state index contributed by atoms with van der Waals surface area (Å²) in [5, 5.41) is 0. The van der Waals surface area contributed by atoms with Crippen molar-refractivity contribution in [3.05, 3.63) is 90.0 Å². The van der Waals surface area contributed by atoms with Crippen LogP contribution in [0.3, 0.4) is 0 Å². The van der Waals surface area contributed by atoms with E-state index < -0.39 is 0 Å². The van der Waals surface area contributed by atoms with Gasteiger partial charge in [-0.1, -0.05) is 49.4 Å². The lowest BCUT2D eigenvalue weighted by Gasteiger charge is -2.26. The van der Waals surface area contributed by atoms with Crippen molar-refractivity contribution in [3.8, 4) is 0 Å². The Kier molecular flexibility index (Phi) is 4.24. The van der Waals surface area contributed by atoms with Crippen molar-refractivity contribution >= 4 is 17.1 Å². The van der Waals surface area contributed by atoms with E-state index in [2.05, 4.69) is 97.6 Å². The summed E-state index contributed by atoms with van der Waals surface area (Å²) in [6.07, 6.45) is 1.05. The summed E-state index contributed by atoms with van der Waals surface area (Å²) in [6, 6.07) is 27.9. The molecule has 0 heterocycles. The minimum absolute atomic E-state index is 1.05. The maximum Gasteiger partial charge on any atom is 0.0466 e. The molecule has 3 aromatic rings. The quantitative estimate of drug-likeness (QED) is 0.566. The van der Waals surface area contributed by atoms with Crippen LogP contribution in [0.2, 0.25) is 0 Å². The van der Waals surface area contributed by atoms with Crippen molar-refractivity contribution in [2.75, 3.05) is 4.90 Å². The zero-order chi connectivity index (χ0) is 15.4. The zero-order valence-corrected chi connectivity index (χ0v) is 13.2. The first-order chi connectivity index (χ1) is 10.8. The molecule has 1 nitrogen and oxygen atoms in total. The minimum Gasteiger partial charge on any atom is -0.310 e. The summed E-state index contributed by atoms with van der Waals surface area (Å²) >= 11 is 0. The van der Waals surface area contributed by atoms with E-state index in [1.165, 1.54) is 28.2 Å². The number of para-hydroxylation sites is 2. The normalized spacial score (nSPS) is 10.5. The Morgan fingerprint density at radius 3 is 1.73 bits per heavy atom. The summed E-state index contributed by atoms with van der Waals surface area (Å²) in [5.41, 5.74) is 6.25. The molecule has 0 aromatic heterocycles. The van der Waals surface area contributed by atoms with Gasteiger partial charge in [0.25, 0.3) is 0 Å². The highest BCUT2D eigenvalue weighted by Gasteiger charge is 2.12. The molecule has 0 aliphatic rings. The second-order valence-electron chi connectivity index (χ2n) is 5.54. The maximum absolute atomic E-state index is 2.31. The fourth-order valence-electron chi connectivity index (χ4n) is 2.78. The minimum atomic E-state index is 1.05. The molecule has 0 unspecified atom stereocenters. The third kappa shape index (κ3) is 3.04. The van der Waals surface area contributed by atoms with E-state index in [4.69, 9.17) is 0 Å². The van der Waals surface area contributed by atoms with Gasteiger partial charge in [0.15, 0.2) is 0 Å². The topological polar surface area (TPSA) is 3.24 Å². The zero-order valence-electron chi connectivity index (χ0n) is 13.2. The second kappa shape index (κ2) is 6.48. The average molecular weight is 287 g/mol. The molecule has 0 saturated heterocycles. The number of hydrogen-bond donors (Lipinski definition) is 0. The number of hydrogen-bond acceptors (Lipinski definition) is 1. The van der Waals surface area contributed by atoms with Crippen LogP contribution in [0.1, 0.15) is 18.1 Å². The Bertz CT molecular complexity index is 693. The summed E-state index contributed by atoms with van der Waals surface area (Å²) < 4.78 is 0. The van der Waals surface area contributed by atoms with Gasteiger partial charge in [-0.2, -0.15) is 0 Å². The van der Waals surface area contributed by atoms with Crippen molar-refractivity contribution in [3.63, 3.8) is 0 Å². The van der Waals surface area contributed by atoms with Gasteiger partial charge in [0.1, 0.15) is 0 Å². The molecule has 3 aromatic carbocycles. The van der Waals surface area contributed by atoms with Gasteiger partial charge in [-0.25, -0.2) is 0 Å². The van der Waals surface area contributed by atoms with Crippen LogP contribution in [0.25, 0.3) is 0 Å². The summed E-state index contributed by atoms with van der Waals surface area (Å²) in [4.78, 5) is 2.31. The Morgan fingerprint density at radius 2 is 1.23 bits per heavy atom. The fraction of sp³-hybridized carbons (Fsp3) is 0.143. The van der Waals surface area contributed by atoms with Crippen LogP contribution < -0.4 is 4.90 Å². The van der Waals surface area contributed by atoms with Crippen LogP contribution in [0.15, 0.2) is 78.9 Å². The molecule has 0 amide bonds. The average Bonchev–Trinajstić information content (AvgIpc) is 2.56. The molecule has 0 saturated carbocycles. The van der Waals surface area contributed by atoms with Crippen molar-refractivity contribution in [2.45, 2.75) is 20.3 Å². The van der Waals surface area contributed by atoms with Crippen LogP contribution in [-0.2, 0) is 6.42 Å². The SMILES string of the molecule is CCc1cc(C)cc(N(c2ccccc2)c2ccccc2)c1. The van der Waals surface area contributed by atoms with E-state index in [-0.39, 0.29) is 0 Å². The lowest BCUT2D eigenvalue weighted by atomic mass is 10.1. The molecular formula is C21H21N. The highest BCUT2D eigenvalue weighted by molar-refractivity contribution is 5.76. The first-order valence-electron chi connectivity index (χ1n) is 7.78. The van der Waals surface area contributed by atoms with Crippen molar-refractivity contribution in [2.24, 2.45) is 0 Å². The van der Waals surface area contributed by atoms with E-state index in [0.717, 1.165) is 6.42 Å². The van der Waals surface area contributed by atoms with E-state index in [1.54, 1.807) is 0 Å². The van der Waals surface area contributed by atoms with Crippen LogP contribution in [0.4, 0.5) is 17.1 Å². The monoisotopic (exact) mass is 287 g/mol. The molecule has 22 heavy (non-hydrogen) atoms. The predicted octanol–water partition coefficient (Wildman–Crippen LogP) is 6.03. The van der Waals surface area contributed by atoms with E-state index in [0.29, 0.717) is 0 Å². The van der Waals surface area contributed by atoms with Gasteiger partial charge in [-0.05, 0) is 60.9 Å². The number of benzene rings is 3. The number of anilines is 3. The van der Waals surface area contributed by atoms with E-state index in [1.807, 2.05) is 0 Å². The number of rotatable bonds is 4. The first-order valence-corrected chi connectivity index (χ1v) is 7.78. The van der Waals surface area contributed by atoms with E-state index >= 15 is 0 Å².